The van der Waals surface area contributed by atoms with Crippen LogP contribution in [-0.4, -0.2) is 66.7 Å². The molecule has 0 radical (unpaired) electrons. The molecule has 10 nitrogen and oxygen atoms in total. The summed E-state index contributed by atoms with van der Waals surface area (Å²) in [4.78, 5) is 46.4. The van der Waals surface area contributed by atoms with Crippen molar-refractivity contribution in [3.05, 3.63) is 65.6 Å². The average molecular weight is 641 g/mol. The SMILES string of the molecule is CC(C)[C@H](N)C(=O)N1CCC[C@H]1c1ncc(C2=CCC(C)(c3ccc(-c4cnc([C@@H]5CCCN5C(=O)[C@H](N)C(C)C)[nH]4)cc3)CC2)[nH]1. The Morgan fingerprint density at radius 3 is 1.83 bits per heavy atom. The van der Waals surface area contributed by atoms with Crippen LogP contribution in [0.2, 0.25) is 0 Å². The Morgan fingerprint density at radius 1 is 0.830 bits per heavy atom. The number of nitrogens with one attached hydrogen (secondary N) is 2. The molecule has 2 aliphatic heterocycles. The van der Waals surface area contributed by atoms with Gasteiger partial charge in [-0.2, -0.15) is 0 Å². The number of imidazole rings is 2. The standard InChI is InChI=1S/C37H52N8O2/c1-22(2)31(38)35(46)44-18-6-8-29(44)33-40-20-27(42-33)24-10-12-26(13-11-24)37(5)16-14-25(15-17-37)28-21-41-34(43-28)30-9-7-19-45(30)36(47)32(39)23(3)4/h10-14,20-23,29-32H,6-9,15-19,38-39H2,1-5H3,(H,40,42)(H,41,43)/t29-,30-,31+,32-,37?/m0/s1. The fraction of sp³-hybridized carbons (Fsp3) is 0.568. The molecule has 3 aromatic rings. The molecule has 6 rings (SSSR count). The van der Waals surface area contributed by atoms with Crippen molar-refractivity contribution in [2.45, 2.75) is 109 Å². The molecule has 2 saturated heterocycles. The smallest absolute Gasteiger partial charge is 0.240 e. The number of aromatic nitrogens is 4. The van der Waals surface area contributed by atoms with Gasteiger partial charge in [-0.05, 0) is 78.9 Å². The average Bonchev–Trinajstić information content (AvgIpc) is 3.90. The largest absolute Gasteiger partial charge is 0.341 e. The summed E-state index contributed by atoms with van der Waals surface area (Å²) in [5, 5.41) is 0. The quantitative estimate of drug-likeness (QED) is 0.239. The molecule has 0 spiro atoms. The summed E-state index contributed by atoms with van der Waals surface area (Å²) < 4.78 is 0. The fourth-order valence-corrected chi connectivity index (χ4v) is 7.43. The summed E-state index contributed by atoms with van der Waals surface area (Å²) in [5.74, 6) is 1.92. The maximum absolute atomic E-state index is 13.0. The molecule has 2 aromatic heterocycles. The number of benzene rings is 1. The number of nitrogens with zero attached hydrogens (tertiary/aromatic N) is 4. The van der Waals surface area contributed by atoms with E-state index in [9.17, 15) is 9.59 Å². The third kappa shape index (κ3) is 6.54. The van der Waals surface area contributed by atoms with E-state index in [1.807, 2.05) is 49.9 Å². The summed E-state index contributed by atoms with van der Waals surface area (Å²) in [6, 6.07) is 7.75. The van der Waals surface area contributed by atoms with Gasteiger partial charge in [-0.25, -0.2) is 9.97 Å². The van der Waals surface area contributed by atoms with Crippen molar-refractivity contribution in [3.63, 3.8) is 0 Å². The van der Waals surface area contributed by atoms with Gasteiger partial charge in [0.1, 0.15) is 11.6 Å². The Balaban J connectivity index is 1.10. The van der Waals surface area contributed by atoms with Gasteiger partial charge in [-0.1, -0.05) is 65.0 Å². The highest BCUT2D eigenvalue weighted by molar-refractivity contribution is 5.83. The van der Waals surface area contributed by atoms with Crippen LogP contribution in [0, 0.1) is 11.8 Å². The van der Waals surface area contributed by atoms with Crippen LogP contribution in [0.5, 0.6) is 0 Å². The van der Waals surface area contributed by atoms with Gasteiger partial charge in [0.05, 0.1) is 47.9 Å². The number of nitrogens with two attached hydrogens (primary N) is 2. The van der Waals surface area contributed by atoms with Crippen molar-refractivity contribution in [3.8, 4) is 11.3 Å². The van der Waals surface area contributed by atoms with Crippen LogP contribution in [0.4, 0.5) is 0 Å². The summed E-state index contributed by atoms with van der Waals surface area (Å²) >= 11 is 0. The lowest BCUT2D eigenvalue weighted by Crippen LogP contribution is -2.46. The number of amides is 2. The molecular weight excluding hydrogens is 588 g/mol. The number of carbonyl (C=O) groups excluding carboxylic acids is 2. The van der Waals surface area contributed by atoms with Crippen LogP contribution >= 0.6 is 0 Å². The minimum absolute atomic E-state index is 0.00922. The molecule has 2 fully saturated rings. The molecule has 10 heteroatoms. The zero-order chi connectivity index (χ0) is 33.5. The summed E-state index contributed by atoms with van der Waals surface area (Å²) in [6.45, 7) is 11.8. The zero-order valence-electron chi connectivity index (χ0n) is 28.6. The Labute approximate surface area is 278 Å². The number of aromatic amines is 2. The lowest BCUT2D eigenvalue weighted by molar-refractivity contribution is -0.135. The first kappa shape index (κ1) is 33.2. The maximum atomic E-state index is 13.0. The number of H-pyrrole nitrogens is 2. The van der Waals surface area contributed by atoms with Crippen molar-refractivity contribution in [2.75, 3.05) is 13.1 Å². The molecule has 5 atom stereocenters. The first-order valence-corrected chi connectivity index (χ1v) is 17.5. The van der Waals surface area contributed by atoms with E-state index in [1.165, 1.54) is 11.1 Å². The van der Waals surface area contributed by atoms with Crippen LogP contribution in [-0.2, 0) is 15.0 Å². The zero-order valence-corrected chi connectivity index (χ0v) is 28.6. The van der Waals surface area contributed by atoms with E-state index < -0.39 is 12.1 Å². The topological polar surface area (TPSA) is 150 Å². The van der Waals surface area contributed by atoms with Gasteiger partial charge in [0.15, 0.2) is 0 Å². The monoisotopic (exact) mass is 640 g/mol. The molecule has 252 valence electrons. The van der Waals surface area contributed by atoms with Gasteiger partial charge in [0, 0.05) is 13.1 Å². The minimum Gasteiger partial charge on any atom is -0.341 e. The Kier molecular flexibility index (Phi) is 9.45. The Bertz CT molecular complexity index is 1600. The van der Waals surface area contributed by atoms with Crippen molar-refractivity contribution < 1.29 is 9.59 Å². The predicted octanol–water partition coefficient (Wildman–Crippen LogP) is 5.62. The first-order chi connectivity index (χ1) is 22.5. The number of likely N-dealkylation sites (tertiary alicyclic amines) is 2. The third-order valence-corrected chi connectivity index (χ3v) is 10.9. The van der Waals surface area contributed by atoms with E-state index in [2.05, 4.69) is 47.2 Å². The third-order valence-electron chi connectivity index (χ3n) is 10.9. The fourth-order valence-electron chi connectivity index (χ4n) is 7.43. The van der Waals surface area contributed by atoms with Gasteiger partial charge in [0.25, 0.3) is 0 Å². The lowest BCUT2D eigenvalue weighted by atomic mass is 9.71. The molecule has 2 amide bonds. The van der Waals surface area contributed by atoms with E-state index in [1.54, 1.807) is 0 Å². The normalized spacial score (nSPS) is 24.7. The molecule has 1 unspecified atom stereocenters. The number of hydrogen-bond acceptors (Lipinski definition) is 6. The van der Waals surface area contributed by atoms with Crippen molar-refractivity contribution in [1.82, 2.24) is 29.7 Å². The van der Waals surface area contributed by atoms with Crippen LogP contribution in [0.1, 0.15) is 115 Å². The van der Waals surface area contributed by atoms with Gasteiger partial charge in [0.2, 0.25) is 11.8 Å². The molecule has 4 heterocycles. The van der Waals surface area contributed by atoms with Gasteiger partial charge in [-0.3, -0.25) is 9.59 Å². The lowest BCUT2D eigenvalue weighted by Gasteiger charge is -2.33. The highest BCUT2D eigenvalue weighted by atomic mass is 16.2. The van der Waals surface area contributed by atoms with Gasteiger partial charge < -0.3 is 31.2 Å². The highest BCUT2D eigenvalue weighted by Crippen LogP contribution is 2.42. The van der Waals surface area contributed by atoms with Crippen LogP contribution in [0.3, 0.4) is 0 Å². The maximum Gasteiger partial charge on any atom is 0.240 e. The van der Waals surface area contributed by atoms with Crippen molar-refractivity contribution in [2.24, 2.45) is 23.3 Å². The van der Waals surface area contributed by atoms with Crippen molar-refractivity contribution in [1.29, 1.82) is 0 Å². The Morgan fingerprint density at radius 2 is 1.34 bits per heavy atom. The molecule has 1 aromatic carbocycles. The number of rotatable bonds is 9. The number of hydrogen-bond donors (Lipinski definition) is 4. The molecule has 47 heavy (non-hydrogen) atoms. The number of carbonyl (C=O) groups is 2. The molecule has 3 aliphatic rings. The van der Waals surface area contributed by atoms with E-state index >= 15 is 0 Å². The van der Waals surface area contributed by atoms with E-state index in [0.29, 0.717) is 0 Å². The molecule has 1 aliphatic carbocycles. The second-order valence-corrected chi connectivity index (χ2v) is 14.9. The minimum atomic E-state index is -0.490. The van der Waals surface area contributed by atoms with Crippen LogP contribution < -0.4 is 11.5 Å². The molecular formula is C37H52N8O2. The summed E-state index contributed by atoms with van der Waals surface area (Å²) in [6.07, 6.45) is 12.8. The summed E-state index contributed by atoms with van der Waals surface area (Å²) in [5.41, 5.74) is 18.1. The van der Waals surface area contributed by atoms with E-state index in [0.717, 1.165) is 86.6 Å². The van der Waals surface area contributed by atoms with Gasteiger partial charge >= 0.3 is 0 Å². The van der Waals surface area contributed by atoms with Crippen LogP contribution in [0.15, 0.2) is 42.7 Å². The second kappa shape index (κ2) is 13.4. The van der Waals surface area contributed by atoms with Gasteiger partial charge in [-0.15, -0.1) is 0 Å². The number of allylic oxidation sites excluding steroid dienone is 2. The van der Waals surface area contributed by atoms with Crippen molar-refractivity contribution >= 4 is 17.4 Å². The molecule has 0 saturated carbocycles. The summed E-state index contributed by atoms with van der Waals surface area (Å²) in [7, 11) is 0. The van der Waals surface area contributed by atoms with E-state index in [-0.39, 0.29) is 41.1 Å². The first-order valence-electron chi connectivity index (χ1n) is 17.5. The molecule has 0 bridgehead atoms. The van der Waals surface area contributed by atoms with E-state index in [4.69, 9.17) is 21.4 Å². The predicted molar refractivity (Wildman–Crippen MR) is 185 cm³/mol. The van der Waals surface area contributed by atoms with Crippen LogP contribution in [0.25, 0.3) is 16.8 Å². The Hall–Kier alpha value is -3.76. The second-order valence-electron chi connectivity index (χ2n) is 14.9. The highest BCUT2D eigenvalue weighted by Gasteiger charge is 2.37. The molecule has 6 N–H and O–H groups in total.